The van der Waals surface area contributed by atoms with Crippen LogP contribution in [0.4, 0.5) is 0 Å². The van der Waals surface area contributed by atoms with Gasteiger partial charge in [-0.15, -0.1) is 11.3 Å². The molecule has 0 bridgehead atoms. The number of amides is 1. The van der Waals surface area contributed by atoms with Crippen LogP contribution in [0, 0.1) is 12.8 Å². The zero-order chi connectivity index (χ0) is 14.0. The van der Waals surface area contributed by atoms with E-state index in [4.69, 9.17) is 5.11 Å². The Balaban J connectivity index is 2.15. The predicted octanol–water partition coefficient (Wildman–Crippen LogP) is 2.64. The van der Waals surface area contributed by atoms with E-state index in [1.165, 1.54) is 11.3 Å². The standard InChI is InChI=1S/C14H17NO3S/c1-9-5-6-15(8-9)14(18)12-7-10(2)11(19-12)3-4-13(16)17/h3-4,7,9H,5-6,8H2,1-2H3,(H,16,17). The van der Waals surface area contributed by atoms with Crippen LogP contribution in [-0.4, -0.2) is 35.0 Å². The molecule has 102 valence electrons. The predicted molar refractivity (Wildman–Crippen MR) is 75.4 cm³/mol. The Morgan fingerprint density at radius 1 is 1.53 bits per heavy atom. The number of hydrogen-bond acceptors (Lipinski definition) is 3. The number of carboxylic acid groups (broad SMARTS) is 1. The fourth-order valence-corrected chi connectivity index (χ4v) is 3.23. The lowest BCUT2D eigenvalue weighted by atomic mass is 10.2. The number of nitrogens with zero attached hydrogens (tertiary/aromatic N) is 1. The number of hydrogen-bond donors (Lipinski definition) is 1. The molecule has 2 rings (SSSR count). The van der Waals surface area contributed by atoms with Crippen LogP contribution in [0.2, 0.25) is 0 Å². The number of rotatable bonds is 3. The first kappa shape index (κ1) is 13.8. The molecule has 0 aromatic carbocycles. The Hall–Kier alpha value is -1.62. The van der Waals surface area contributed by atoms with Gasteiger partial charge in [0.05, 0.1) is 4.88 Å². The minimum Gasteiger partial charge on any atom is -0.478 e. The molecule has 19 heavy (non-hydrogen) atoms. The Bertz CT molecular complexity index is 533. The molecule has 1 fully saturated rings. The molecule has 1 N–H and O–H groups in total. The van der Waals surface area contributed by atoms with E-state index < -0.39 is 5.97 Å². The number of carbonyl (C=O) groups is 2. The second-order valence-electron chi connectivity index (χ2n) is 4.97. The Morgan fingerprint density at radius 2 is 2.26 bits per heavy atom. The lowest BCUT2D eigenvalue weighted by molar-refractivity contribution is -0.131. The van der Waals surface area contributed by atoms with E-state index >= 15 is 0 Å². The van der Waals surface area contributed by atoms with Crippen molar-refractivity contribution in [2.45, 2.75) is 20.3 Å². The first-order valence-electron chi connectivity index (χ1n) is 6.28. The van der Waals surface area contributed by atoms with Crippen molar-refractivity contribution in [2.75, 3.05) is 13.1 Å². The van der Waals surface area contributed by atoms with Crippen LogP contribution in [0.25, 0.3) is 6.08 Å². The Morgan fingerprint density at radius 3 is 2.84 bits per heavy atom. The summed E-state index contributed by atoms with van der Waals surface area (Å²) in [6.45, 7) is 5.67. The largest absolute Gasteiger partial charge is 0.478 e. The van der Waals surface area contributed by atoms with Gasteiger partial charge in [0.15, 0.2) is 0 Å². The number of likely N-dealkylation sites (tertiary alicyclic amines) is 1. The number of aryl methyl sites for hydroxylation is 1. The van der Waals surface area contributed by atoms with E-state index in [2.05, 4.69) is 6.92 Å². The molecule has 0 saturated carbocycles. The smallest absolute Gasteiger partial charge is 0.328 e. The molecule has 1 amide bonds. The SMILES string of the molecule is Cc1cc(C(=O)N2CCC(C)C2)sc1C=CC(=O)O. The lowest BCUT2D eigenvalue weighted by Gasteiger charge is -2.14. The van der Waals surface area contributed by atoms with E-state index in [1.807, 2.05) is 17.9 Å². The molecule has 1 aliphatic heterocycles. The Kier molecular flexibility index (Phi) is 4.04. The van der Waals surface area contributed by atoms with E-state index in [0.29, 0.717) is 10.8 Å². The molecule has 4 nitrogen and oxygen atoms in total. The van der Waals surface area contributed by atoms with Crippen LogP contribution in [0.5, 0.6) is 0 Å². The quantitative estimate of drug-likeness (QED) is 0.865. The summed E-state index contributed by atoms with van der Waals surface area (Å²) >= 11 is 1.36. The zero-order valence-corrected chi connectivity index (χ0v) is 11.9. The molecule has 1 aliphatic rings. The molecule has 5 heteroatoms. The average molecular weight is 279 g/mol. The number of carbonyl (C=O) groups excluding carboxylic acids is 1. The fraction of sp³-hybridized carbons (Fsp3) is 0.429. The molecule has 0 spiro atoms. The number of carboxylic acids is 1. The van der Waals surface area contributed by atoms with Crippen LogP contribution in [-0.2, 0) is 4.79 Å². The van der Waals surface area contributed by atoms with Crippen LogP contribution in [0.15, 0.2) is 12.1 Å². The average Bonchev–Trinajstić information content (AvgIpc) is 2.92. The summed E-state index contributed by atoms with van der Waals surface area (Å²) in [6, 6.07) is 1.84. The highest BCUT2D eigenvalue weighted by Gasteiger charge is 2.25. The van der Waals surface area contributed by atoms with Gasteiger partial charge in [0.25, 0.3) is 5.91 Å². The van der Waals surface area contributed by atoms with Crippen molar-refractivity contribution in [3.8, 4) is 0 Å². The topological polar surface area (TPSA) is 57.6 Å². The number of aliphatic carboxylic acids is 1. The van der Waals surface area contributed by atoms with Gasteiger partial charge in [-0.2, -0.15) is 0 Å². The van der Waals surface area contributed by atoms with E-state index in [1.54, 1.807) is 6.08 Å². The lowest BCUT2D eigenvalue weighted by Crippen LogP contribution is -2.27. The molecule has 1 saturated heterocycles. The summed E-state index contributed by atoms with van der Waals surface area (Å²) in [5.41, 5.74) is 0.943. The first-order chi connectivity index (χ1) is 8.97. The zero-order valence-electron chi connectivity index (χ0n) is 11.0. The summed E-state index contributed by atoms with van der Waals surface area (Å²) in [7, 11) is 0. The van der Waals surface area contributed by atoms with E-state index in [-0.39, 0.29) is 5.91 Å². The molecule has 0 aliphatic carbocycles. The van der Waals surface area contributed by atoms with Crippen molar-refractivity contribution in [2.24, 2.45) is 5.92 Å². The minimum atomic E-state index is -0.978. The van der Waals surface area contributed by atoms with Crippen LogP contribution < -0.4 is 0 Å². The van der Waals surface area contributed by atoms with Crippen molar-refractivity contribution in [1.82, 2.24) is 4.90 Å². The molecule has 2 heterocycles. The monoisotopic (exact) mass is 279 g/mol. The maximum absolute atomic E-state index is 12.3. The van der Waals surface area contributed by atoms with Gasteiger partial charge < -0.3 is 10.0 Å². The van der Waals surface area contributed by atoms with Gasteiger partial charge in [0.2, 0.25) is 0 Å². The van der Waals surface area contributed by atoms with Gasteiger partial charge in [-0.3, -0.25) is 4.79 Å². The molecule has 1 unspecified atom stereocenters. The summed E-state index contributed by atoms with van der Waals surface area (Å²) in [5, 5.41) is 8.63. The van der Waals surface area contributed by atoms with E-state index in [0.717, 1.165) is 36.0 Å². The van der Waals surface area contributed by atoms with Crippen molar-refractivity contribution >= 4 is 29.3 Å². The number of thiophene rings is 1. The second kappa shape index (κ2) is 5.57. The van der Waals surface area contributed by atoms with Crippen molar-refractivity contribution in [3.63, 3.8) is 0 Å². The van der Waals surface area contributed by atoms with Gasteiger partial charge in [-0.05, 0) is 37.0 Å². The third-order valence-electron chi connectivity index (χ3n) is 3.26. The molecular formula is C14H17NO3S. The van der Waals surface area contributed by atoms with Gasteiger partial charge in [0.1, 0.15) is 0 Å². The minimum absolute atomic E-state index is 0.0624. The normalized spacial score (nSPS) is 19.3. The third-order valence-corrected chi connectivity index (χ3v) is 4.45. The molecule has 1 aromatic rings. The fourth-order valence-electron chi connectivity index (χ4n) is 2.19. The maximum Gasteiger partial charge on any atom is 0.328 e. The van der Waals surface area contributed by atoms with Gasteiger partial charge in [-0.1, -0.05) is 6.92 Å². The van der Waals surface area contributed by atoms with E-state index in [9.17, 15) is 9.59 Å². The Labute approximate surface area is 116 Å². The van der Waals surface area contributed by atoms with Crippen molar-refractivity contribution < 1.29 is 14.7 Å². The van der Waals surface area contributed by atoms with Crippen LogP contribution in [0.3, 0.4) is 0 Å². The van der Waals surface area contributed by atoms with Gasteiger partial charge >= 0.3 is 5.97 Å². The molecule has 0 radical (unpaired) electrons. The van der Waals surface area contributed by atoms with Crippen molar-refractivity contribution in [3.05, 3.63) is 27.5 Å². The second-order valence-corrected chi connectivity index (χ2v) is 6.06. The summed E-state index contributed by atoms with van der Waals surface area (Å²) in [4.78, 5) is 26.2. The van der Waals surface area contributed by atoms with Crippen LogP contribution in [0.1, 0.15) is 33.5 Å². The first-order valence-corrected chi connectivity index (χ1v) is 7.09. The highest BCUT2D eigenvalue weighted by molar-refractivity contribution is 7.15. The summed E-state index contributed by atoms with van der Waals surface area (Å²) < 4.78 is 0. The van der Waals surface area contributed by atoms with Gasteiger partial charge in [-0.25, -0.2) is 4.79 Å². The maximum atomic E-state index is 12.3. The summed E-state index contributed by atoms with van der Waals surface area (Å²) in [6.07, 6.45) is 3.71. The molecule has 1 atom stereocenters. The van der Waals surface area contributed by atoms with Gasteiger partial charge in [0, 0.05) is 24.0 Å². The third kappa shape index (κ3) is 3.23. The van der Waals surface area contributed by atoms with Crippen molar-refractivity contribution in [1.29, 1.82) is 0 Å². The highest BCUT2D eigenvalue weighted by atomic mass is 32.1. The summed E-state index contributed by atoms with van der Waals surface area (Å²) in [5.74, 6) is -0.349. The van der Waals surface area contributed by atoms with Crippen LogP contribution >= 0.6 is 11.3 Å². The molecule has 1 aromatic heterocycles. The molecular weight excluding hydrogens is 262 g/mol. The highest BCUT2D eigenvalue weighted by Crippen LogP contribution is 2.26.